The highest BCUT2D eigenvalue weighted by Gasteiger charge is 2.60. The molecule has 3 aliphatic rings. The summed E-state index contributed by atoms with van der Waals surface area (Å²) in [6.45, 7) is 0. The highest BCUT2D eigenvalue weighted by Crippen LogP contribution is 2.61. The van der Waals surface area contributed by atoms with Gasteiger partial charge in [0.2, 0.25) is 0 Å². The van der Waals surface area contributed by atoms with Gasteiger partial charge in [-0.3, -0.25) is 4.79 Å². The second kappa shape index (κ2) is 7.19. The molecule has 152 valence electrons. The molecular weight excluding hydrogens is 360 g/mol. The summed E-state index contributed by atoms with van der Waals surface area (Å²) in [5.74, 6) is 1.92. The van der Waals surface area contributed by atoms with Gasteiger partial charge in [0.1, 0.15) is 17.3 Å². The van der Waals surface area contributed by atoms with Crippen molar-refractivity contribution >= 4 is 5.78 Å². The van der Waals surface area contributed by atoms with Crippen molar-refractivity contribution in [2.75, 3.05) is 0 Å². The molecule has 2 N–H and O–H groups in total. The summed E-state index contributed by atoms with van der Waals surface area (Å²) >= 11 is 0. The summed E-state index contributed by atoms with van der Waals surface area (Å²) in [7, 11) is 0. The molecule has 0 aliphatic heterocycles. The van der Waals surface area contributed by atoms with Crippen LogP contribution in [0.15, 0.2) is 48.5 Å². The number of carbonyl (C=O) groups excluding carboxylic acids is 1. The predicted molar refractivity (Wildman–Crippen MR) is 113 cm³/mol. The first-order chi connectivity index (χ1) is 14.1. The van der Waals surface area contributed by atoms with E-state index in [-0.39, 0.29) is 40.6 Å². The lowest BCUT2D eigenvalue weighted by Crippen LogP contribution is -2.59. The number of Topliss-reactive ketones (excluding diaryl/α,β-unsaturated/α-hetero) is 1. The third-order valence-corrected chi connectivity index (χ3v) is 8.12. The molecule has 5 rings (SSSR count). The molecule has 2 aromatic rings. The van der Waals surface area contributed by atoms with Crippen molar-refractivity contribution in [2.24, 2.45) is 23.7 Å². The van der Waals surface area contributed by atoms with Gasteiger partial charge in [-0.2, -0.15) is 0 Å². The number of benzene rings is 2. The minimum atomic E-state index is -0.231. The van der Waals surface area contributed by atoms with Gasteiger partial charge in [-0.25, -0.2) is 0 Å². The van der Waals surface area contributed by atoms with Gasteiger partial charge in [0, 0.05) is 17.3 Å². The third kappa shape index (κ3) is 2.81. The van der Waals surface area contributed by atoms with Crippen LogP contribution in [0.25, 0.3) is 0 Å². The van der Waals surface area contributed by atoms with E-state index < -0.39 is 0 Å². The Bertz CT molecular complexity index is 810. The topological polar surface area (TPSA) is 57.5 Å². The van der Waals surface area contributed by atoms with Crippen LogP contribution in [0.4, 0.5) is 0 Å². The highest BCUT2D eigenvalue weighted by molar-refractivity contribution is 5.86. The quantitative estimate of drug-likeness (QED) is 0.704. The van der Waals surface area contributed by atoms with E-state index in [1.807, 2.05) is 0 Å². The molecule has 2 aromatic carbocycles. The maximum absolute atomic E-state index is 13.6. The third-order valence-electron chi connectivity index (χ3n) is 8.12. The molecule has 3 heteroatoms. The molecule has 3 fully saturated rings. The van der Waals surface area contributed by atoms with Crippen LogP contribution >= 0.6 is 0 Å². The minimum Gasteiger partial charge on any atom is -0.508 e. The summed E-state index contributed by atoms with van der Waals surface area (Å²) in [4.78, 5) is 13.6. The van der Waals surface area contributed by atoms with Crippen LogP contribution < -0.4 is 0 Å². The molecule has 0 bridgehead atoms. The maximum Gasteiger partial charge on any atom is 0.139 e. The van der Waals surface area contributed by atoms with E-state index in [0.29, 0.717) is 5.78 Å². The van der Waals surface area contributed by atoms with E-state index in [2.05, 4.69) is 24.3 Å². The molecule has 29 heavy (non-hydrogen) atoms. The number of rotatable bonds is 2. The van der Waals surface area contributed by atoms with Gasteiger partial charge in [-0.15, -0.1) is 0 Å². The van der Waals surface area contributed by atoms with Crippen molar-refractivity contribution in [1.29, 1.82) is 0 Å². The van der Waals surface area contributed by atoms with Crippen LogP contribution in [0, 0.1) is 23.7 Å². The average molecular weight is 391 g/mol. The Balaban J connectivity index is 1.78. The molecule has 0 spiro atoms. The number of hydrogen-bond donors (Lipinski definition) is 2. The van der Waals surface area contributed by atoms with Gasteiger partial charge in [-0.1, -0.05) is 49.9 Å². The SMILES string of the molecule is O=C1C2CCCCC2C(c2ccc(O)cc2)(c2ccc(O)cc2)C2CCCCC12. The van der Waals surface area contributed by atoms with Crippen LogP contribution in [-0.4, -0.2) is 16.0 Å². The minimum absolute atomic E-state index is 0.130. The van der Waals surface area contributed by atoms with Crippen molar-refractivity contribution in [2.45, 2.75) is 56.8 Å². The molecule has 4 atom stereocenters. The lowest BCUT2D eigenvalue weighted by molar-refractivity contribution is -0.143. The first-order valence-electron chi connectivity index (χ1n) is 11.2. The molecule has 3 nitrogen and oxygen atoms in total. The van der Waals surface area contributed by atoms with E-state index in [0.717, 1.165) is 38.5 Å². The first-order valence-corrected chi connectivity index (χ1v) is 11.2. The summed E-state index contributed by atoms with van der Waals surface area (Å²) in [5.41, 5.74) is 2.22. The number of hydrogen-bond acceptors (Lipinski definition) is 3. The van der Waals surface area contributed by atoms with Crippen molar-refractivity contribution in [3.05, 3.63) is 59.7 Å². The zero-order valence-electron chi connectivity index (χ0n) is 16.9. The summed E-state index contributed by atoms with van der Waals surface area (Å²) in [6, 6.07) is 15.5. The summed E-state index contributed by atoms with van der Waals surface area (Å²) in [5, 5.41) is 19.9. The maximum atomic E-state index is 13.6. The Morgan fingerprint density at radius 1 is 0.621 bits per heavy atom. The standard InChI is InChI=1S/C26H30O3/c27-19-13-9-17(10-14-19)26(18-11-15-20(28)16-12-18)23-7-3-1-5-21(23)25(29)22-6-2-4-8-24(22)26/h9-16,21-24,27-28H,1-8H2. The smallest absolute Gasteiger partial charge is 0.139 e. The van der Waals surface area contributed by atoms with Crippen LogP contribution in [0.1, 0.15) is 62.5 Å². The lowest BCUT2D eigenvalue weighted by atomic mass is 9.43. The van der Waals surface area contributed by atoms with Gasteiger partial charge >= 0.3 is 0 Å². The van der Waals surface area contributed by atoms with E-state index >= 15 is 0 Å². The molecule has 3 aliphatic carbocycles. The number of phenols is 2. The van der Waals surface area contributed by atoms with E-state index in [1.165, 1.54) is 24.0 Å². The second-order valence-corrected chi connectivity index (χ2v) is 9.36. The fraction of sp³-hybridized carbons (Fsp3) is 0.500. The number of ketones is 1. The van der Waals surface area contributed by atoms with Crippen LogP contribution in [-0.2, 0) is 10.2 Å². The predicted octanol–water partition coefficient (Wildman–Crippen LogP) is 5.58. The summed E-state index contributed by atoms with van der Waals surface area (Å²) in [6.07, 6.45) is 8.78. The Hall–Kier alpha value is -2.29. The lowest BCUT2D eigenvalue weighted by Gasteiger charge is -2.59. The van der Waals surface area contributed by atoms with Crippen molar-refractivity contribution < 1.29 is 15.0 Å². The van der Waals surface area contributed by atoms with Crippen molar-refractivity contribution in [3.63, 3.8) is 0 Å². The van der Waals surface area contributed by atoms with E-state index in [1.54, 1.807) is 24.3 Å². The average Bonchev–Trinajstić information content (AvgIpc) is 2.76. The molecule has 0 saturated heterocycles. The van der Waals surface area contributed by atoms with Gasteiger partial charge in [-0.05, 0) is 72.9 Å². The van der Waals surface area contributed by atoms with Gasteiger partial charge in [0.15, 0.2) is 0 Å². The molecular formula is C26H30O3. The van der Waals surface area contributed by atoms with E-state index in [4.69, 9.17) is 0 Å². The molecule has 0 radical (unpaired) electrons. The van der Waals surface area contributed by atoms with Crippen molar-refractivity contribution in [1.82, 2.24) is 0 Å². The monoisotopic (exact) mass is 390 g/mol. The Labute approximate surface area is 172 Å². The number of fused-ring (bicyclic) bond motifs is 2. The Morgan fingerprint density at radius 3 is 1.41 bits per heavy atom. The van der Waals surface area contributed by atoms with Crippen molar-refractivity contribution in [3.8, 4) is 11.5 Å². The Morgan fingerprint density at radius 2 is 1.00 bits per heavy atom. The van der Waals surface area contributed by atoms with Gasteiger partial charge in [0.25, 0.3) is 0 Å². The number of aromatic hydroxyl groups is 2. The highest BCUT2D eigenvalue weighted by atomic mass is 16.3. The summed E-state index contributed by atoms with van der Waals surface area (Å²) < 4.78 is 0. The molecule has 0 heterocycles. The Kier molecular flexibility index (Phi) is 4.64. The number of carbonyl (C=O) groups is 1. The first kappa shape index (κ1) is 18.7. The zero-order valence-corrected chi connectivity index (χ0v) is 16.9. The van der Waals surface area contributed by atoms with E-state index in [9.17, 15) is 15.0 Å². The zero-order chi connectivity index (χ0) is 20.0. The molecule has 3 saturated carbocycles. The van der Waals surface area contributed by atoms with Crippen LogP contribution in [0.5, 0.6) is 11.5 Å². The largest absolute Gasteiger partial charge is 0.508 e. The molecule has 0 amide bonds. The van der Waals surface area contributed by atoms with Crippen LogP contribution in [0.3, 0.4) is 0 Å². The number of phenolic OH excluding ortho intramolecular Hbond substituents is 2. The normalized spacial score (nSPS) is 31.0. The second-order valence-electron chi connectivity index (χ2n) is 9.36. The van der Waals surface area contributed by atoms with Crippen LogP contribution in [0.2, 0.25) is 0 Å². The fourth-order valence-corrected chi connectivity index (χ4v) is 7.08. The fourth-order valence-electron chi connectivity index (χ4n) is 7.08. The van der Waals surface area contributed by atoms with Gasteiger partial charge < -0.3 is 10.2 Å². The molecule has 0 aromatic heterocycles. The molecule has 4 unspecified atom stereocenters. The van der Waals surface area contributed by atoms with Gasteiger partial charge in [0.05, 0.1) is 0 Å².